The van der Waals surface area contributed by atoms with E-state index in [2.05, 4.69) is 20.5 Å². The number of halogens is 3. The predicted octanol–water partition coefficient (Wildman–Crippen LogP) is 5.15. The van der Waals surface area contributed by atoms with E-state index in [0.29, 0.717) is 29.1 Å². The van der Waals surface area contributed by atoms with E-state index in [-0.39, 0.29) is 33.2 Å². The first-order valence-electron chi connectivity index (χ1n) is 12.0. The fraction of sp³-hybridized carbons (Fsp3) is 0.192. The number of nitrogens with two attached hydrogens (primary N) is 1. The third kappa shape index (κ3) is 5.25. The number of thiophene rings is 1. The zero-order valence-electron chi connectivity index (χ0n) is 21.2. The molecule has 4 heterocycles. The third-order valence-electron chi connectivity index (χ3n) is 5.98. The van der Waals surface area contributed by atoms with Gasteiger partial charge < -0.3 is 15.8 Å². The number of hydrogen-bond donors (Lipinski definition) is 2. The molecule has 4 aromatic heterocycles. The Morgan fingerprint density at radius 3 is 2.52 bits per heavy atom. The van der Waals surface area contributed by atoms with Crippen LogP contribution < -0.4 is 15.8 Å². The van der Waals surface area contributed by atoms with Crippen molar-refractivity contribution in [3.05, 3.63) is 76.6 Å². The lowest BCUT2D eigenvalue weighted by molar-refractivity contribution is 0.100. The van der Waals surface area contributed by atoms with Gasteiger partial charge in [0.2, 0.25) is 0 Å². The van der Waals surface area contributed by atoms with Gasteiger partial charge in [0.25, 0.3) is 18.2 Å². The van der Waals surface area contributed by atoms with Crippen molar-refractivity contribution in [3.8, 4) is 16.9 Å². The Labute approximate surface area is 229 Å². The lowest BCUT2D eigenvalue weighted by Gasteiger charge is -2.10. The first kappa shape index (κ1) is 26.9. The summed E-state index contributed by atoms with van der Waals surface area (Å²) in [6, 6.07) is 8.08. The summed E-state index contributed by atoms with van der Waals surface area (Å²) in [4.78, 5) is 29.7. The largest absolute Gasteiger partial charge is 0.471 e. The highest BCUT2D eigenvalue weighted by Crippen LogP contribution is 2.43. The highest BCUT2D eigenvalue weighted by Gasteiger charge is 2.27. The molecule has 0 unspecified atom stereocenters. The molecule has 0 spiro atoms. The molecule has 0 fully saturated rings. The number of rotatable bonds is 9. The molecule has 0 aliphatic rings. The molecule has 0 atom stereocenters. The van der Waals surface area contributed by atoms with E-state index >= 15 is 0 Å². The Kier molecular flexibility index (Phi) is 7.26. The zero-order valence-corrected chi connectivity index (χ0v) is 22.0. The summed E-state index contributed by atoms with van der Waals surface area (Å²) in [6.07, 6.45) is 0.335. The van der Waals surface area contributed by atoms with Crippen molar-refractivity contribution in [1.82, 2.24) is 24.5 Å². The van der Waals surface area contributed by atoms with Gasteiger partial charge in [-0.15, -0.1) is 11.3 Å². The van der Waals surface area contributed by atoms with Gasteiger partial charge in [-0.05, 0) is 55.8 Å². The number of carbonyl (C=O) groups excluding carboxylic acids is 2. The Balaban J connectivity index is 1.52. The number of anilines is 1. The molecule has 40 heavy (non-hydrogen) atoms. The second-order valence-corrected chi connectivity index (χ2v) is 9.65. The molecular formula is C26H22F3N7O3S. The van der Waals surface area contributed by atoms with Gasteiger partial charge in [0.15, 0.2) is 12.4 Å². The lowest BCUT2D eigenvalue weighted by atomic mass is 10.0. The first-order chi connectivity index (χ1) is 19.1. The molecule has 206 valence electrons. The molecule has 2 amide bonds. The van der Waals surface area contributed by atoms with Crippen LogP contribution in [0.2, 0.25) is 0 Å². The van der Waals surface area contributed by atoms with Crippen molar-refractivity contribution >= 4 is 39.1 Å². The number of amides is 2. The van der Waals surface area contributed by atoms with Crippen LogP contribution in [0.5, 0.6) is 5.75 Å². The summed E-state index contributed by atoms with van der Waals surface area (Å²) in [6.45, 7) is 4.10. The summed E-state index contributed by atoms with van der Waals surface area (Å²) in [5.74, 6) is -1.53. The van der Waals surface area contributed by atoms with Crippen LogP contribution in [0.4, 0.5) is 18.9 Å². The van der Waals surface area contributed by atoms with Crippen LogP contribution in [-0.2, 0) is 13.3 Å². The van der Waals surface area contributed by atoms with Crippen LogP contribution >= 0.6 is 11.3 Å². The van der Waals surface area contributed by atoms with Gasteiger partial charge in [0, 0.05) is 29.9 Å². The van der Waals surface area contributed by atoms with Crippen molar-refractivity contribution in [3.63, 3.8) is 0 Å². The average Bonchev–Trinajstić information content (AvgIpc) is 3.65. The van der Waals surface area contributed by atoms with Crippen molar-refractivity contribution in [1.29, 1.82) is 0 Å². The van der Waals surface area contributed by atoms with E-state index in [9.17, 15) is 22.8 Å². The van der Waals surface area contributed by atoms with Gasteiger partial charge in [-0.1, -0.05) is 0 Å². The molecule has 0 saturated heterocycles. The number of pyridine rings is 1. The number of nitrogens with one attached hydrogen (secondary N) is 1. The summed E-state index contributed by atoms with van der Waals surface area (Å²) in [5, 5.41) is 11.6. The van der Waals surface area contributed by atoms with Crippen LogP contribution in [0, 0.1) is 12.7 Å². The Morgan fingerprint density at radius 1 is 1.12 bits per heavy atom. The molecule has 0 aliphatic carbocycles. The molecular weight excluding hydrogens is 547 g/mol. The number of primary amides is 1. The van der Waals surface area contributed by atoms with Crippen LogP contribution in [0.15, 0.2) is 48.8 Å². The molecule has 0 aliphatic heterocycles. The maximum absolute atomic E-state index is 13.8. The molecule has 5 rings (SSSR count). The molecule has 14 heteroatoms. The number of benzene rings is 1. The van der Waals surface area contributed by atoms with E-state index in [1.165, 1.54) is 47.3 Å². The fourth-order valence-corrected chi connectivity index (χ4v) is 5.10. The SMILES string of the molecule is CCn1cc(-c2cc(C(F)F)nc3sc(C(N)=O)c(NC(=O)c4ccn(COc5ccc(F)cc5)n4)c23)c(C)n1. The Morgan fingerprint density at radius 2 is 1.88 bits per heavy atom. The predicted molar refractivity (Wildman–Crippen MR) is 142 cm³/mol. The number of fused-ring (bicyclic) bond motifs is 1. The summed E-state index contributed by atoms with van der Waals surface area (Å²) >= 11 is 0.807. The third-order valence-corrected chi connectivity index (χ3v) is 7.08. The summed E-state index contributed by atoms with van der Waals surface area (Å²) in [7, 11) is 0. The van der Waals surface area contributed by atoms with Crippen LogP contribution in [0.25, 0.3) is 21.3 Å². The molecule has 0 saturated carbocycles. The molecule has 1 aromatic carbocycles. The van der Waals surface area contributed by atoms with E-state index < -0.39 is 29.8 Å². The summed E-state index contributed by atoms with van der Waals surface area (Å²) < 4.78 is 49.2. The lowest BCUT2D eigenvalue weighted by Crippen LogP contribution is -2.18. The highest BCUT2D eigenvalue weighted by molar-refractivity contribution is 7.21. The number of aryl methyl sites for hydroxylation is 2. The van der Waals surface area contributed by atoms with Crippen molar-refractivity contribution in [2.45, 2.75) is 33.5 Å². The monoisotopic (exact) mass is 569 g/mol. The zero-order chi connectivity index (χ0) is 28.6. The van der Waals surface area contributed by atoms with Gasteiger partial charge in [-0.2, -0.15) is 10.2 Å². The normalized spacial score (nSPS) is 11.3. The van der Waals surface area contributed by atoms with Gasteiger partial charge in [-0.3, -0.25) is 14.3 Å². The van der Waals surface area contributed by atoms with E-state index in [1.54, 1.807) is 17.8 Å². The molecule has 5 aromatic rings. The van der Waals surface area contributed by atoms with Crippen molar-refractivity contribution < 1.29 is 27.5 Å². The number of ether oxygens (including phenoxy) is 1. The van der Waals surface area contributed by atoms with E-state index in [0.717, 1.165) is 11.3 Å². The van der Waals surface area contributed by atoms with Gasteiger partial charge in [0.05, 0.1) is 11.4 Å². The Bertz CT molecular complexity index is 1730. The molecule has 0 radical (unpaired) electrons. The standard InChI is InChI=1S/C26H22F3N7O3S/c1-3-35-11-17(13(2)33-35)16-10-19(23(28)29)31-26-20(16)21(22(40-26)24(30)37)32-25(38)18-8-9-36(34-18)12-39-15-6-4-14(27)5-7-15/h4-11,23H,3,12H2,1-2H3,(H2,30,37)(H,32,38). The van der Waals surface area contributed by atoms with Crippen molar-refractivity contribution in [2.75, 3.05) is 5.32 Å². The van der Waals surface area contributed by atoms with Crippen LogP contribution in [0.1, 0.15) is 44.9 Å². The highest BCUT2D eigenvalue weighted by atomic mass is 32.1. The van der Waals surface area contributed by atoms with Crippen LogP contribution in [0.3, 0.4) is 0 Å². The van der Waals surface area contributed by atoms with Gasteiger partial charge in [-0.25, -0.2) is 22.8 Å². The minimum absolute atomic E-state index is 0.00818. The smallest absolute Gasteiger partial charge is 0.280 e. The summed E-state index contributed by atoms with van der Waals surface area (Å²) in [5.41, 5.74) is 6.60. The first-order valence-corrected chi connectivity index (χ1v) is 12.8. The minimum Gasteiger partial charge on any atom is -0.471 e. The molecule has 3 N–H and O–H groups in total. The number of carbonyl (C=O) groups is 2. The second-order valence-electron chi connectivity index (χ2n) is 8.65. The molecule has 10 nitrogen and oxygen atoms in total. The quantitative estimate of drug-likeness (QED) is 0.253. The van der Waals surface area contributed by atoms with Crippen molar-refractivity contribution in [2.24, 2.45) is 5.73 Å². The number of alkyl halides is 2. The van der Waals surface area contributed by atoms with Crippen LogP contribution in [-0.4, -0.2) is 36.4 Å². The number of hydrogen-bond acceptors (Lipinski definition) is 7. The van der Waals surface area contributed by atoms with Gasteiger partial charge >= 0.3 is 0 Å². The Hall–Kier alpha value is -4.72. The number of aromatic nitrogens is 5. The second kappa shape index (κ2) is 10.8. The maximum atomic E-state index is 13.8. The van der Waals surface area contributed by atoms with Gasteiger partial charge in [0.1, 0.15) is 27.0 Å². The topological polar surface area (TPSA) is 130 Å². The van der Waals surface area contributed by atoms with E-state index in [4.69, 9.17) is 10.5 Å². The number of nitrogens with zero attached hydrogens (tertiary/aromatic N) is 5. The fourth-order valence-electron chi connectivity index (χ4n) is 4.08. The minimum atomic E-state index is -2.87. The average molecular weight is 570 g/mol. The maximum Gasteiger partial charge on any atom is 0.280 e. The molecule has 0 bridgehead atoms. The van der Waals surface area contributed by atoms with E-state index in [1.807, 2.05) is 6.92 Å².